The predicted octanol–water partition coefficient (Wildman–Crippen LogP) is 0.924. The van der Waals surface area contributed by atoms with Crippen molar-refractivity contribution in [2.24, 2.45) is 0 Å². The zero-order valence-electron chi connectivity index (χ0n) is 17.1. The van der Waals surface area contributed by atoms with Crippen molar-refractivity contribution in [1.29, 1.82) is 0 Å². The molecular weight excluding hydrogens is 398 g/mol. The average molecular weight is 428 g/mol. The Morgan fingerprint density at radius 2 is 2.00 bits per heavy atom. The normalized spacial score (nSPS) is 27.9. The molecule has 1 aromatic carbocycles. The van der Waals surface area contributed by atoms with Crippen LogP contribution in [-0.4, -0.2) is 65.6 Å². The van der Waals surface area contributed by atoms with E-state index in [2.05, 4.69) is 26.9 Å². The first-order valence-electron chi connectivity index (χ1n) is 11.1. The van der Waals surface area contributed by atoms with Gasteiger partial charge >= 0.3 is 0 Å². The lowest BCUT2D eigenvalue weighted by molar-refractivity contribution is -0.129. The van der Waals surface area contributed by atoms with Crippen LogP contribution < -0.4 is 20.9 Å². The molecule has 5 rings (SSSR count). The molecule has 1 aromatic rings. The molecule has 2 saturated heterocycles. The lowest BCUT2D eigenvalue weighted by Gasteiger charge is -2.37. The van der Waals surface area contributed by atoms with Gasteiger partial charge < -0.3 is 20.9 Å². The van der Waals surface area contributed by atoms with Crippen LogP contribution in [0.25, 0.3) is 0 Å². The molecule has 0 aromatic heterocycles. The maximum absolute atomic E-state index is 12.9. The van der Waals surface area contributed by atoms with Gasteiger partial charge in [-0.05, 0) is 56.0 Å². The molecule has 3 heterocycles. The standard InChI is InChI=1S/C22H29N5O2S/c28-20(26-10-9-14-3-1-2-4-18(14)26)8-7-17-12-23-21(29)19-11-16(13-27(17)19)25-22(30)24-15-5-6-15/h1-4,15-17,19H,5-13H2,(H,23,29)(H2,24,25,30). The Kier molecular flexibility index (Phi) is 5.37. The second-order valence-corrected chi connectivity index (χ2v) is 9.31. The van der Waals surface area contributed by atoms with Crippen LogP contribution in [0.4, 0.5) is 5.69 Å². The smallest absolute Gasteiger partial charge is 0.237 e. The van der Waals surface area contributed by atoms with Gasteiger partial charge in [-0.15, -0.1) is 0 Å². The Balaban J connectivity index is 1.17. The zero-order chi connectivity index (χ0) is 20.7. The van der Waals surface area contributed by atoms with Gasteiger partial charge in [0.25, 0.3) is 0 Å². The Morgan fingerprint density at radius 1 is 1.20 bits per heavy atom. The summed E-state index contributed by atoms with van der Waals surface area (Å²) in [5.41, 5.74) is 2.31. The molecule has 3 N–H and O–H groups in total. The molecule has 3 atom stereocenters. The van der Waals surface area contributed by atoms with E-state index in [9.17, 15) is 9.59 Å². The number of nitrogens with one attached hydrogen (secondary N) is 3. The van der Waals surface area contributed by atoms with Gasteiger partial charge in [0.05, 0.1) is 6.04 Å². The number of thiocarbonyl (C=S) groups is 1. The van der Waals surface area contributed by atoms with E-state index in [1.807, 2.05) is 23.1 Å². The number of hydrogen-bond donors (Lipinski definition) is 3. The molecule has 1 saturated carbocycles. The zero-order valence-corrected chi connectivity index (χ0v) is 17.9. The van der Waals surface area contributed by atoms with Crippen LogP contribution in [0.3, 0.4) is 0 Å². The number of para-hydroxylation sites is 1. The first kappa shape index (κ1) is 19.8. The number of nitrogens with zero attached hydrogens (tertiary/aromatic N) is 2. The summed E-state index contributed by atoms with van der Waals surface area (Å²) in [6, 6.07) is 8.90. The first-order chi connectivity index (χ1) is 14.6. The molecule has 160 valence electrons. The second kappa shape index (κ2) is 8.15. The van der Waals surface area contributed by atoms with E-state index in [1.165, 1.54) is 18.4 Å². The van der Waals surface area contributed by atoms with Gasteiger partial charge in [0.15, 0.2) is 5.11 Å². The maximum atomic E-state index is 12.9. The van der Waals surface area contributed by atoms with E-state index in [1.54, 1.807) is 0 Å². The minimum atomic E-state index is -0.132. The number of fused-ring (bicyclic) bond motifs is 2. The number of carbonyl (C=O) groups is 2. The summed E-state index contributed by atoms with van der Waals surface area (Å²) in [5.74, 6) is 0.272. The fourth-order valence-electron chi connectivity index (χ4n) is 5.01. The lowest BCUT2D eigenvalue weighted by Crippen LogP contribution is -2.58. The van der Waals surface area contributed by atoms with Crippen molar-refractivity contribution in [2.75, 3.05) is 24.5 Å². The Labute approximate surface area is 182 Å². The van der Waals surface area contributed by atoms with Gasteiger partial charge in [-0.2, -0.15) is 0 Å². The number of carbonyl (C=O) groups excluding carboxylic acids is 2. The highest BCUT2D eigenvalue weighted by Gasteiger charge is 2.43. The molecule has 0 radical (unpaired) electrons. The van der Waals surface area contributed by atoms with Crippen LogP contribution in [0.15, 0.2) is 24.3 Å². The van der Waals surface area contributed by atoms with Gasteiger partial charge in [0.2, 0.25) is 11.8 Å². The maximum Gasteiger partial charge on any atom is 0.237 e. The van der Waals surface area contributed by atoms with Crippen molar-refractivity contribution >= 4 is 34.8 Å². The van der Waals surface area contributed by atoms with E-state index >= 15 is 0 Å². The van der Waals surface area contributed by atoms with Crippen molar-refractivity contribution in [1.82, 2.24) is 20.9 Å². The molecule has 3 aliphatic heterocycles. The predicted molar refractivity (Wildman–Crippen MR) is 119 cm³/mol. The number of hydrogen-bond acceptors (Lipinski definition) is 4. The fourth-order valence-corrected chi connectivity index (χ4v) is 5.34. The molecule has 30 heavy (non-hydrogen) atoms. The number of amides is 2. The van der Waals surface area contributed by atoms with Crippen LogP contribution in [0.1, 0.15) is 37.7 Å². The topological polar surface area (TPSA) is 76.7 Å². The average Bonchev–Trinajstić information content (AvgIpc) is 3.27. The third kappa shape index (κ3) is 4.03. The van der Waals surface area contributed by atoms with Crippen LogP contribution in [-0.2, 0) is 16.0 Å². The van der Waals surface area contributed by atoms with Crippen molar-refractivity contribution in [2.45, 2.75) is 62.7 Å². The SMILES string of the molecule is O=C1NCC(CCC(=O)N2CCc3ccccc32)N2CC(NC(=S)NC3CC3)CC12. The van der Waals surface area contributed by atoms with E-state index < -0.39 is 0 Å². The summed E-state index contributed by atoms with van der Waals surface area (Å²) in [4.78, 5) is 29.5. The van der Waals surface area contributed by atoms with Gasteiger partial charge in [-0.1, -0.05) is 18.2 Å². The van der Waals surface area contributed by atoms with Crippen molar-refractivity contribution in [3.8, 4) is 0 Å². The second-order valence-electron chi connectivity index (χ2n) is 8.90. The van der Waals surface area contributed by atoms with E-state index in [-0.39, 0.29) is 29.9 Å². The Morgan fingerprint density at radius 3 is 2.83 bits per heavy atom. The number of anilines is 1. The minimum Gasteiger partial charge on any atom is -0.360 e. The van der Waals surface area contributed by atoms with Crippen LogP contribution in [0, 0.1) is 0 Å². The fraction of sp³-hybridized carbons (Fsp3) is 0.591. The van der Waals surface area contributed by atoms with Crippen molar-refractivity contribution in [3.05, 3.63) is 29.8 Å². The van der Waals surface area contributed by atoms with E-state index in [0.29, 0.717) is 24.1 Å². The largest absolute Gasteiger partial charge is 0.360 e. The molecule has 7 nitrogen and oxygen atoms in total. The Bertz CT molecular complexity index is 858. The minimum absolute atomic E-state index is 0.0939. The number of benzene rings is 1. The molecule has 3 unspecified atom stereocenters. The monoisotopic (exact) mass is 427 g/mol. The van der Waals surface area contributed by atoms with Gasteiger partial charge in [0.1, 0.15) is 0 Å². The van der Waals surface area contributed by atoms with Crippen LogP contribution >= 0.6 is 12.2 Å². The Hall–Kier alpha value is -2.19. The van der Waals surface area contributed by atoms with Gasteiger partial charge in [-0.25, -0.2) is 0 Å². The third-order valence-corrected chi connectivity index (χ3v) is 6.99. The quantitative estimate of drug-likeness (QED) is 0.607. The summed E-state index contributed by atoms with van der Waals surface area (Å²) in [6.45, 7) is 2.16. The number of rotatable bonds is 5. The molecule has 3 fully saturated rings. The van der Waals surface area contributed by atoms with Crippen LogP contribution in [0.2, 0.25) is 0 Å². The lowest BCUT2D eigenvalue weighted by atomic mass is 10.0. The highest BCUT2D eigenvalue weighted by Crippen LogP contribution is 2.30. The van der Waals surface area contributed by atoms with Crippen LogP contribution in [0.5, 0.6) is 0 Å². The van der Waals surface area contributed by atoms with E-state index in [0.717, 1.165) is 38.0 Å². The highest BCUT2D eigenvalue weighted by atomic mass is 32.1. The summed E-state index contributed by atoms with van der Waals surface area (Å²) in [7, 11) is 0. The molecule has 8 heteroatoms. The molecule has 0 spiro atoms. The van der Waals surface area contributed by atoms with Crippen molar-refractivity contribution < 1.29 is 9.59 Å². The van der Waals surface area contributed by atoms with Gasteiger partial charge in [-0.3, -0.25) is 14.5 Å². The summed E-state index contributed by atoms with van der Waals surface area (Å²) < 4.78 is 0. The molecule has 1 aliphatic carbocycles. The summed E-state index contributed by atoms with van der Waals surface area (Å²) in [5, 5.41) is 10.5. The van der Waals surface area contributed by atoms with Crippen molar-refractivity contribution in [3.63, 3.8) is 0 Å². The number of piperazine rings is 1. The highest BCUT2D eigenvalue weighted by molar-refractivity contribution is 7.80. The third-order valence-electron chi connectivity index (χ3n) is 6.75. The summed E-state index contributed by atoms with van der Waals surface area (Å²) >= 11 is 5.42. The molecule has 4 aliphatic rings. The summed E-state index contributed by atoms with van der Waals surface area (Å²) in [6.07, 6.45) is 5.30. The van der Waals surface area contributed by atoms with Gasteiger partial charge in [0, 0.05) is 49.9 Å². The first-order valence-corrected chi connectivity index (χ1v) is 11.5. The molecule has 2 amide bonds. The van der Waals surface area contributed by atoms with E-state index in [4.69, 9.17) is 12.2 Å². The molecule has 0 bridgehead atoms. The molecular formula is C22H29N5O2S.